The van der Waals surface area contributed by atoms with Crippen molar-refractivity contribution >= 4 is 28.9 Å². The molecule has 2 aromatic rings. The number of amides is 1. The lowest BCUT2D eigenvalue weighted by molar-refractivity contribution is -0.385. The van der Waals surface area contributed by atoms with E-state index in [0.29, 0.717) is 10.7 Å². The molecule has 1 heterocycles. The summed E-state index contributed by atoms with van der Waals surface area (Å²) in [6, 6.07) is 7.71. The summed E-state index contributed by atoms with van der Waals surface area (Å²) in [6.45, 7) is 1.48. The number of rotatable bonds is 4. The molecule has 0 spiro atoms. The second-order valence-electron chi connectivity index (χ2n) is 4.56. The monoisotopic (exact) mass is 321 g/mol. The van der Waals surface area contributed by atoms with Crippen LogP contribution in [-0.2, 0) is 4.79 Å². The van der Waals surface area contributed by atoms with Gasteiger partial charge >= 0.3 is 0 Å². The summed E-state index contributed by atoms with van der Waals surface area (Å²) in [4.78, 5) is 34.1. The summed E-state index contributed by atoms with van der Waals surface area (Å²) in [5.41, 5.74) is -0.241. The average molecular weight is 322 g/mol. The topological polar surface area (TPSA) is 94.2 Å². The van der Waals surface area contributed by atoms with Crippen molar-refractivity contribution in [2.75, 3.05) is 5.32 Å². The number of nitro groups is 1. The van der Waals surface area contributed by atoms with E-state index in [1.165, 1.54) is 6.92 Å². The summed E-state index contributed by atoms with van der Waals surface area (Å²) in [5.74, 6) is -0.468. The molecule has 0 fully saturated rings. The van der Waals surface area contributed by atoms with Crippen LogP contribution in [0.1, 0.15) is 13.0 Å². The molecule has 0 saturated heterocycles. The smallest absolute Gasteiger partial charge is 0.285 e. The fourth-order valence-electron chi connectivity index (χ4n) is 1.81. The van der Waals surface area contributed by atoms with Crippen LogP contribution >= 0.6 is 11.6 Å². The number of carbonyl (C=O) groups is 1. The van der Waals surface area contributed by atoms with Crippen LogP contribution in [0.5, 0.6) is 0 Å². The fraction of sp³-hybridized carbons (Fsp3) is 0.143. The van der Waals surface area contributed by atoms with Crippen LogP contribution in [0, 0.1) is 10.1 Å². The van der Waals surface area contributed by atoms with Crippen LogP contribution in [0.25, 0.3) is 0 Å². The van der Waals surface area contributed by atoms with Crippen molar-refractivity contribution in [3.63, 3.8) is 0 Å². The first-order chi connectivity index (χ1) is 10.4. The zero-order valence-corrected chi connectivity index (χ0v) is 12.3. The maximum atomic E-state index is 12.2. The molecule has 0 radical (unpaired) electrons. The van der Waals surface area contributed by atoms with Crippen LogP contribution in [0.15, 0.2) is 47.4 Å². The Kier molecular flexibility index (Phi) is 4.57. The van der Waals surface area contributed by atoms with Gasteiger partial charge in [-0.1, -0.05) is 11.6 Å². The maximum absolute atomic E-state index is 12.2. The number of nitrogens with one attached hydrogen (secondary N) is 1. The van der Waals surface area contributed by atoms with E-state index >= 15 is 0 Å². The molecule has 0 aliphatic heterocycles. The van der Waals surface area contributed by atoms with Crippen molar-refractivity contribution in [3.05, 3.63) is 68.1 Å². The summed E-state index contributed by atoms with van der Waals surface area (Å²) in [6.07, 6.45) is 1.05. The van der Waals surface area contributed by atoms with Crippen LogP contribution < -0.4 is 10.9 Å². The molecular formula is C14H12ClN3O4. The van der Waals surface area contributed by atoms with Gasteiger partial charge in [-0.3, -0.25) is 24.3 Å². The predicted octanol–water partition coefficient (Wildman–Crippen LogP) is 2.61. The molecule has 0 unspecified atom stereocenters. The molecule has 1 aromatic carbocycles. The van der Waals surface area contributed by atoms with Crippen LogP contribution in [0.3, 0.4) is 0 Å². The Morgan fingerprint density at radius 2 is 1.91 bits per heavy atom. The number of carbonyl (C=O) groups excluding carboxylic acids is 1. The van der Waals surface area contributed by atoms with Gasteiger partial charge in [-0.25, -0.2) is 0 Å². The third kappa shape index (κ3) is 3.50. The lowest BCUT2D eigenvalue weighted by Gasteiger charge is -2.14. The molecule has 7 nitrogen and oxygen atoms in total. The molecule has 2 rings (SSSR count). The van der Waals surface area contributed by atoms with Crippen molar-refractivity contribution in [1.82, 2.24) is 4.57 Å². The summed E-state index contributed by atoms with van der Waals surface area (Å²) < 4.78 is 1.02. The van der Waals surface area contributed by atoms with E-state index in [1.54, 1.807) is 24.3 Å². The third-order valence-electron chi connectivity index (χ3n) is 3.04. The molecule has 1 N–H and O–H groups in total. The van der Waals surface area contributed by atoms with Gasteiger partial charge in [0.25, 0.3) is 11.2 Å². The van der Waals surface area contributed by atoms with Gasteiger partial charge in [-0.2, -0.15) is 0 Å². The molecular weight excluding hydrogens is 310 g/mol. The van der Waals surface area contributed by atoms with E-state index in [0.717, 1.165) is 22.9 Å². The van der Waals surface area contributed by atoms with Crippen molar-refractivity contribution in [2.45, 2.75) is 13.0 Å². The van der Waals surface area contributed by atoms with Crippen molar-refractivity contribution in [2.24, 2.45) is 0 Å². The highest BCUT2D eigenvalue weighted by molar-refractivity contribution is 6.30. The summed E-state index contributed by atoms with van der Waals surface area (Å²) in [7, 11) is 0. The summed E-state index contributed by atoms with van der Waals surface area (Å²) >= 11 is 5.75. The quantitative estimate of drug-likeness (QED) is 0.691. The van der Waals surface area contributed by atoms with Gasteiger partial charge in [0.15, 0.2) is 0 Å². The Hall–Kier alpha value is -2.67. The highest BCUT2D eigenvalue weighted by Crippen LogP contribution is 2.16. The molecule has 22 heavy (non-hydrogen) atoms. The molecule has 0 aliphatic carbocycles. The first-order valence-electron chi connectivity index (χ1n) is 6.31. The van der Waals surface area contributed by atoms with E-state index in [9.17, 15) is 19.7 Å². The number of pyridine rings is 1. The number of aromatic nitrogens is 1. The highest BCUT2D eigenvalue weighted by Gasteiger charge is 2.18. The van der Waals surface area contributed by atoms with Gasteiger partial charge in [0.1, 0.15) is 6.04 Å². The minimum Gasteiger partial charge on any atom is -0.324 e. The highest BCUT2D eigenvalue weighted by atomic mass is 35.5. The number of halogens is 1. The normalized spacial score (nSPS) is 11.7. The number of hydrogen-bond acceptors (Lipinski definition) is 4. The van der Waals surface area contributed by atoms with E-state index in [1.807, 2.05) is 0 Å². The van der Waals surface area contributed by atoms with Crippen LogP contribution in [0.4, 0.5) is 11.4 Å². The third-order valence-corrected chi connectivity index (χ3v) is 3.29. The average Bonchev–Trinajstić information content (AvgIpc) is 2.49. The Morgan fingerprint density at radius 3 is 2.50 bits per heavy atom. The molecule has 0 saturated carbocycles. The first-order valence-corrected chi connectivity index (χ1v) is 6.69. The SMILES string of the molecule is C[C@@H](C(=O)Nc1ccc(Cl)cc1)n1cc([N+](=O)[O-])ccc1=O. The van der Waals surface area contributed by atoms with Crippen LogP contribution in [0.2, 0.25) is 5.02 Å². The Labute approximate surface area is 130 Å². The van der Waals surface area contributed by atoms with Crippen LogP contribution in [-0.4, -0.2) is 15.4 Å². The van der Waals surface area contributed by atoms with E-state index in [-0.39, 0.29) is 5.69 Å². The molecule has 1 atom stereocenters. The standard InChI is InChI=1S/C14H12ClN3O4/c1-9(14(20)16-11-4-2-10(15)3-5-11)17-8-12(18(21)22)6-7-13(17)19/h2-9H,1H3,(H,16,20)/t9-/m0/s1. The Morgan fingerprint density at radius 1 is 1.27 bits per heavy atom. The predicted molar refractivity (Wildman–Crippen MR) is 82.1 cm³/mol. The first kappa shape index (κ1) is 15.7. The molecule has 0 bridgehead atoms. The van der Waals surface area contributed by atoms with E-state index < -0.39 is 22.4 Å². The second kappa shape index (κ2) is 6.40. The van der Waals surface area contributed by atoms with Crippen molar-refractivity contribution < 1.29 is 9.72 Å². The lowest BCUT2D eigenvalue weighted by atomic mass is 10.2. The van der Waals surface area contributed by atoms with Gasteiger partial charge in [-0.05, 0) is 31.2 Å². The fourth-order valence-corrected chi connectivity index (χ4v) is 1.93. The molecule has 8 heteroatoms. The molecule has 0 aliphatic rings. The van der Waals surface area contributed by atoms with Crippen molar-refractivity contribution in [3.8, 4) is 0 Å². The lowest BCUT2D eigenvalue weighted by Crippen LogP contribution is -2.31. The second-order valence-corrected chi connectivity index (χ2v) is 5.00. The van der Waals surface area contributed by atoms with Crippen molar-refractivity contribution in [1.29, 1.82) is 0 Å². The Bertz CT molecular complexity index is 770. The zero-order chi connectivity index (χ0) is 16.3. The van der Waals surface area contributed by atoms with Gasteiger partial charge in [0.05, 0.1) is 11.1 Å². The largest absolute Gasteiger partial charge is 0.324 e. The van der Waals surface area contributed by atoms with Gasteiger partial charge in [0, 0.05) is 22.8 Å². The molecule has 114 valence electrons. The Balaban J connectivity index is 2.23. The van der Waals surface area contributed by atoms with Gasteiger partial charge < -0.3 is 5.32 Å². The number of anilines is 1. The number of nitrogens with zero attached hydrogens (tertiary/aromatic N) is 2. The minimum absolute atomic E-state index is 0.259. The molecule has 1 amide bonds. The summed E-state index contributed by atoms with van der Waals surface area (Å²) in [5, 5.41) is 13.9. The van der Waals surface area contributed by atoms with Gasteiger partial charge in [0.2, 0.25) is 5.91 Å². The number of hydrogen-bond donors (Lipinski definition) is 1. The zero-order valence-electron chi connectivity index (χ0n) is 11.5. The molecule has 1 aromatic heterocycles. The number of benzene rings is 1. The van der Waals surface area contributed by atoms with E-state index in [2.05, 4.69) is 5.32 Å². The van der Waals surface area contributed by atoms with E-state index in [4.69, 9.17) is 11.6 Å². The minimum atomic E-state index is -0.900. The van der Waals surface area contributed by atoms with Gasteiger partial charge in [-0.15, -0.1) is 0 Å². The maximum Gasteiger partial charge on any atom is 0.285 e.